The SMILES string of the molecule is CCC1(C)CN(c2ccc(C)cc2C)C(C)CN1. The molecular weight excluding hydrogens is 220 g/mol. The first-order chi connectivity index (χ1) is 8.45. The highest BCUT2D eigenvalue weighted by Crippen LogP contribution is 2.28. The second-order valence-electron chi connectivity index (χ2n) is 6.06. The lowest BCUT2D eigenvalue weighted by atomic mass is 9.93. The summed E-state index contributed by atoms with van der Waals surface area (Å²) in [6.07, 6.45) is 1.17. The average Bonchev–Trinajstić information content (AvgIpc) is 2.33. The molecular formula is C16H26N2. The van der Waals surface area contributed by atoms with Crippen LogP contribution in [-0.2, 0) is 0 Å². The van der Waals surface area contributed by atoms with Crippen molar-refractivity contribution < 1.29 is 0 Å². The molecule has 0 bridgehead atoms. The third kappa shape index (κ3) is 2.54. The standard InChI is InChI=1S/C16H26N2/c1-6-16(5)11-18(14(4)10-17-16)15-8-7-12(2)9-13(15)3/h7-9,14,17H,6,10-11H2,1-5H3. The van der Waals surface area contributed by atoms with E-state index in [-0.39, 0.29) is 5.54 Å². The molecule has 0 spiro atoms. The molecule has 1 saturated heterocycles. The second kappa shape index (κ2) is 4.93. The largest absolute Gasteiger partial charge is 0.365 e. The van der Waals surface area contributed by atoms with E-state index in [9.17, 15) is 0 Å². The Kier molecular flexibility index (Phi) is 3.67. The highest BCUT2D eigenvalue weighted by molar-refractivity contribution is 5.56. The molecule has 2 nitrogen and oxygen atoms in total. The third-order valence-corrected chi connectivity index (χ3v) is 4.32. The summed E-state index contributed by atoms with van der Waals surface area (Å²) >= 11 is 0. The molecule has 2 unspecified atom stereocenters. The molecule has 1 fully saturated rings. The Labute approximate surface area is 111 Å². The van der Waals surface area contributed by atoms with Crippen LogP contribution in [0.4, 0.5) is 5.69 Å². The Hall–Kier alpha value is -1.02. The first kappa shape index (κ1) is 13.4. The molecule has 1 aliphatic heterocycles. The number of hydrogen-bond donors (Lipinski definition) is 1. The van der Waals surface area contributed by atoms with Crippen molar-refractivity contribution in [2.24, 2.45) is 0 Å². The van der Waals surface area contributed by atoms with Crippen LogP contribution in [0.25, 0.3) is 0 Å². The highest BCUT2D eigenvalue weighted by atomic mass is 15.3. The molecule has 1 aliphatic rings. The normalized spacial score (nSPS) is 28.5. The van der Waals surface area contributed by atoms with Crippen LogP contribution in [0.5, 0.6) is 0 Å². The predicted octanol–water partition coefficient (Wildman–Crippen LogP) is 3.27. The van der Waals surface area contributed by atoms with E-state index >= 15 is 0 Å². The van der Waals surface area contributed by atoms with E-state index in [4.69, 9.17) is 0 Å². The fraction of sp³-hybridized carbons (Fsp3) is 0.625. The first-order valence-corrected chi connectivity index (χ1v) is 7.04. The van der Waals surface area contributed by atoms with Crippen molar-refractivity contribution in [3.8, 4) is 0 Å². The molecule has 1 heterocycles. The maximum atomic E-state index is 3.68. The van der Waals surface area contributed by atoms with Gasteiger partial charge in [0.1, 0.15) is 0 Å². The van der Waals surface area contributed by atoms with Gasteiger partial charge >= 0.3 is 0 Å². The molecule has 2 atom stereocenters. The minimum atomic E-state index is 0.240. The fourth-order valence-corrected chi connectivity index (χ4v) is 2.78. The molecule has 18 heavy (non-hydrogen) atoms. The monoisotopic (exact) mass is 246 g/mol. The quantitative estimate of drug-likeness (QED) is 0.861. The number of nitrogens with one attached hydrogen (secondary N) is 1. The predicted molar refractivity (Wildman–Crippen MR) is 79.4 cm³/mol. The molecule has 2 rings (SSSR count). The Morgan fingerprint density at radius 3 is 2.72 bits per heavy atom. The van der Waals surface area contributed by atoms with E-state index in [1.54, 1.807) is 0 Å². The van der Waals surface area contributed by atoms with Gasteiger partial charge in [-0.05, 0) is 45.7 Å². The molecule has 0 aromatic heterocycles. The molecule has 1 aromatic carbocycles. The fourth-order valence-electron chi connectivity index (χ4n) is 2.78. The number of aryl methyl sites for hydroxylation is 2. The molecule has 100 valence electrons. The van der Waals surface area contributed by atoms with Gasteiger partial charge in [-0.1, -0.05) is 24.6 Å². The number of hydrogen-bond acceptors (Lipinski definition) is 2. The van der Waals surface area contributed by atoms with Crippen LogP contribution in [0.1, 0.15) is 38.3 Å². The maximum absolute atomic E-state index is 3.68. The van der Waals surface area contributed by atoms with Crippen LogP contribution >= 0.6 is 0 Å². The van der Waals surface area contributed by atoms with Crippen LogP contribution in [0.15, 0.2) is 18.2 Å². The minimum Gasteiger partial charge on any atom is -0.365 e. The van der Waals surface area contributed by atoms with E-state index < -0.39 is 0 Å². The number of piperazine rings is 1. The van der Waals surface area contributed by atoms with Crippen molar-refractivity contribution in [2.75, 3.05) is 18.0 Å². The molecule has 2 heteroatoms. The average molecular weight is 246 g/mol. The lowest BCUT2D eigenvalue weighted by Gasteiger charge is -2.46. The Morgan fingerprint density at radius 1 is 1.39 bits per heavy atom. The molecule has 0 saturated carbocycles. The maximum Gasteiger partial charge on any atom is 0.0399 e. The molecule has 0 radical (unpaired) electrons. The number of benzene rings is 1. The van der Waals surface area contributed by atoms with Crippen LogP contribution in [0.3, 0.4) is 0 Å². The summed E-state index contributed by atoms with van der Waals surface area (Å²) in [5.74, 6) is 0. The van der Waals surface area contributed by atoms with Crippen LogP contribution in [0, 0.1) is 13.8 Å². The van der Waals surface area contributed by atoms with E-state index in [2.05, 4.69) is 63.0 Å². The summed E-state index contributed by atoms with van der Waals surface area (Å²) in [4.78, 5) is 2.56. The van der Waals surface area contributed by atoms with Gasteiger partial charge in [0.15, 0.2) is 0 Å². The zero-order chi connectivity index (χ0) is 13.3. The summed E-state index contributed by atoms with van der Waals surface area (Å²) in [7, 11) is 0. The van der Waals surface area contributed by atoms with Crippen molar-refractivity contribution in [3.63, 3.8) is 0 Å². The van der Waals surface area contributed by atoms with Gasteiger partial charge in [-0.15, -0.1) is 0 Å². The van der Waals surface area contributed by atoms with Gasteiger partial charge in [0, 0.05) is 30.4 Å². The van der Waals surface area contributed by atoms with Gasteiger partial charge in [0.2, 0.25) is 0 Å². The Morgan fingerprint density at radius 2 is 2.11 bits per heavy atom. The van der Waals surface area contributed by atoms with E-state index in [1.165, 1.54) is 23.2 Å². The van der Waals surface area contributed by atoms with Crippen molar-refractivity contribution in [2.45, 2.75) is 52.6 Å². The number of rotatable bonds is 2. The third-order valence-electron chi connectivity index (χ3n) is 4.32. The van der Waals surface area contributed by atoms with Gasteiger partial charge in [-0.25, -0.2) is 0 Å². The topological polar surface area (TPSA) is 15.3 Å². The van der Waals surface area contributed by atoms with E-state index in [0.29, 0.717) is 6.04 Å². The second-order valence-corrected chi connectivity index (χ2v) is 6.06. The summed E-state index contributed by atoms with van der Waals surface area (Å²) < 4.78 is 0. The van der Waals surface area contributed by atoms with Crippen molar-refractivity contribution in [3.05, 3.63) is 29.3 Å². The minimum absolute atomic E-state index is 0.240. The van der Waals surface area contributed by atoms with Crippen molar-refractivity contribution in [1.82, 2.24) is 5.32 Å². The summed E-state index contributed by atoms with van der Waals surface area (Å²) in [5, 5.41) is 3.68. The van der Waals surface area contributed by atoms with Crippen LogP contribution in [-0.4, -0.2) is 24.7 Å². The van der Waals surface area contributed by atoms with E-state index in [1.807, 2.05) is 0 Å². The molecule has 1 aromatic rings. The number of nitrogens with zero attached hydrogens (tertiary/aromatic N) is 1. The number of anilines is 1. The Balaban J connectivity index is 2.30. The van der Waals surface area contributed by atoms with Crippen LogP contribution in [0.2, 0.25) is 0 Å². The van der Waals surface area contributed by atoms with Gasteiger partial charge in [0.25, 0.3) is 0 Å². The van der Waals surface area contributed by atoms with Gasteiger partial charge in [0.05, 0.1) is 0 Å². The summed E-state index contributed by atoms with van der Waals surface area (Å²) in [5.41, 5.74) is 4.37. The van der Waals surface area contributed by atoms with Gasteiger partial charge < -0.3 is 10.2 Å². The van der Waals surface area contributed by atoms with Crippen molar-refractivity contribution in [1.29, 1.82) is 0 Å². The van der Waals surface area contributed by atoms with E-state index in [0.717, 1.165) is 13.1 Å². The zero-order valence-corrected chi connectivity index (χ0v) is 12.4. The molecule has 1 N–H and O–H groups in total. The Bertz CT molecular complexity index is 427. The first-order valence-electron chi connectivity index (χ1n) is 7.04. The van der Waals surface area contributed by atoms with Crippen LogP contribution < -0.4 is 10.2 Å². The molecule has 0 amide bonds. The summed E-state index contributed by atoms with van der Waals surface area (Å²) in [6.45, 7) is 13.4. The smallest absolute Gasteiger partial charge is 0.0399 e. The lowest BCUT2D eigenvalue weighted by molar-refractivity contribution is 0.285. The van der Waals surface area contributed by atoms with Gasteiger partial charge in [-0.2, -0.15) is 0 Å². The molecule has 0 aliphatic carbocycles. The summed E-state index contributed by atoms with van der Waals surface area (Å²) in [6, 6.07) is 7.35. The van der Waals surface area contributed by atoms with Gasteiger partial charge in [-0.3, -0.25) is 0 Å². The zero-order valence-electron chi connectivity index (χ0n) is 12.4. The lowest BCUT2D eigenvalue weighted by Crippen LogP contribution is -2.62. The van der Waals surface area contributed by atoms with Crippen molar-refractivity contribution >= 4 is 5.69 Å². The highest BCUT2D eigenvalue weighted by Gasteiger charge is 2.33.